The van der Waals surface area contributed by atoms with Gasteiger partial charge in [-0.2, -0.15) is 5.26 Å². The largest absolute Gasteiger partial charge is 0.469 e. The summed E-state index contributed by atoms with van der Waals surface area (Å²) < 4.78 is 4.74. The van der Waals surface area contributed by atoms with Gasteiger partial charge in [-0.3, -0.25) is 4.79 Å². The fourth-order valence-corrected chi connectivity index (χ4v) is 1.94. The minimum absolute atomic E-state index is 0.126. The van der Waals surface area contributed by atoms with Crippen LogP contribution in [-0.2, 0) is 9.53 Å². The van der Waals surface area contributed by atoms with Crippen LogP contribution >= 0.6 is 0 Å². The van der Waals surface area contributed by atoms with Gasteiger partial charge in [-0.25, -0.2) is 0 Å². The van der Waals surface area contributed by atoms with Gasteiger partial charge in [0.25, 0.3) is 0 Å². The SMILES string of the molecule is COC(=O)C1CN(C)CCC1CC#N. The Morgan fingerprint density at radius 2 is 2.43 bits per heavy atom. The number of likely N-dealkylation sites (tertiary alicyclic amines) is 1. The summed E-state index contributed by atoms with van der Waals surface area (Å²) in [5.74, 6) is -0.140. The van der Waals surface area contributed by atoms with Crippen molar-refractivity contribution < 1.29 is 9.53 Å². The molecule has 1 saturated heterocycles. The average Bonchev–Trinajstić information content (AvgIpc) is 2.20. The molecule has 1 heterocycles. The van der Waals surface area contributed by atoms with Crippen molar-refractivity contribution in [2.24, 2.45) is 11.8 Å². The fraction of sp³-hybridized carbons (Fsp3) is 0.800. The predicted octanol–water partition coefficient (Wildman–Crippen LogP) is 0.641. The number of hydrogen-bond donors (Lipinski definition) is 0. The molecule has 4 heteroatoms. The summed E-state index contributed by atoms with van der Waals surface area (Å²) in [7, 11) is 3.39. The standard InChI is InChI=1S/C10H16N2O2/c1-12-6-4-8(3-5-11)9(7-12)10(13)14-2/h8-9H,3-4,6-7H2,1-2H3. The molecule has 0 aromatic carbocycles. The van der Waals surface area contributed by atoms with Crippen LogP contribution in [0.3, 0.4) is 0 Å². The smallest absolute Gasteiger partial charge is 0.310 e. The lowest BCUT2D eigenvalue weighted by Gasteiger charge is -2.33. The average molecular weight is 196 g/mol. The second-order valence-electron chi connectivity index (χ2n) is 3.80. The summed E-state index contributed by atoms with van der Waals surface area (Å²) in [5.41, 5.74) is 0. The molecule has 1 aliphatic heterocycles. The van der Waals surface area contributed by atoms with Crippen LogP contribution in [0.4, 0.5) is 0 Å². The molecule has 4 nitrogen and oxygen atoms in total. The van der Waals surface area contributed by atoms with Crippen molar-refractivity contribution in [2.45, 2.75) is 12.8 Å². The number of nitriles is 1. The summed E-state index contributed by atoms with van der Waals surface area (Å²) in [5, 5.41) is 8.64. The first kappa shape index (κ1) is 11.0. The molecule has 78 valence electrons. The molecule has 14 heavy (non-hydrogen) atoms. The minimum atomic E-state index is -0.184. The van der Waals surface area contributed by atoms with Gasteiger partial charge in [0, 0.05) is 13.0 Å². The van der Waals surface area contributed by atoms with Crippen LogP contribution in [0.1, 0.15) is 12.8 Å². The van der Waals surface area contributed by atoms with Gasteiger partial charge >= 0.3 is 5.97 Å². The molecule has 0 bridgehead atoms. The van der Waals surface area contributed by atoms with E-state index in [1.165, 1.54) is 7.11 Å². The van der Waals surface area contributed by atoms with Crippen LogP contribution in [0, 0.1) is 23.2 Å². The van der Waals surface area contributed by atoms with Gasteiger partial charge in [0.1, 0.15) is 0 Å². The van der Waals surface area contributed by atoms with Crippen LogP contribution in [0.25, 0.3) is 0 Å². The molecule has 0 radical (unpaired) electrons. The molecular weight excluding hydrogens is 180 g/mol. The Morgan fingerprint density at radius 1 is 1.71 bits per heavy atom. The zero-order valence-corrected chi connectivity index (χ0v) is 8.69. The molecule has 0 amide bonds. The van der Waals surface area contributed by atoms with E-state index in [4.69, 9.17) is 10.00 Å². The normalized spacial score (nSPS) is 28.1. The number of methoxy groups -OCH3 is 1. The predicted molar refractivity (Wildman–Crippen MR) is 51.3 cm³/mol. The van der Waals surface area contributed by atoms with Crippen LogP contribution in [-0.4, -0.2) is 38.1 Å². The monoisotopic (exact) mass is 196 g/mol. The molecule has 0 saturated carbocycles. The van der Waals surface area contributed by atoms with Crippen molar-refractivity contribution in [3.63, 3.8) is 0 Å². The number of rotatable bonds is 2. The van der Waals surface area contributed by atoms with Gasteiger partial charge in [0.2, 0.25) is 0 Å². The summed E-state index contributed by atoms with van der Waals surface area (Å²) in [6.45, 7) is 1.67. The van der Waals surface area contributed by atoms with Crippen LogP contribution in [0.15, 0.2) is 0 Å². The molecule has 2 atom stereocenters. The van der Waals surface area contributed by atoms with E-state index in [1.807, 2.05) is 7.05 Å². The zero-order valence-electron chi connectivity index (χ0n) is 8.69. The molecule has 1 rings (SSSR count). The van der Waals surface area contributed by atoms with Gasteiger partial charge in [-0.15, -0.1) is 0 Å². The molecule has 0 N–H and O–H groups in total. The highest BCUT2D eigenvalue weighted by Crippen LogP contribution is 2.26. The lowest BCUT2D eigenvalue weighted by molar-refractivity contribution is -0.149. The van der Waals surface area contributed by atoms with E-state index in [0.717, 1.165) is 13.0 Å². The number of carbonyl (C=O) groups excluding carboxylic acids is 1. The maximum atomic E-state index is 11.4. The Balaban J connectivity index is 2.64. The van der Waals surface area contributed by atoms with Gasteiger partial charge in [0.05, 0.1) is 19.1 Å². The van der Waals surface area contributed by atoms with Gasteiger partial charge in [-0.1, -0.05) is 0 Å². The first-order chi connectivity index (χ1) is 6.69. The number of nitrogens with zero attached hydrogens (tertiary/aromatic N) is 2. The Labute approximate surface area is 84.4 Å². The lowest BCUT2D eigenvalue weighted by atomic mass is 9.84. The number of carbonyl (C=O) groups is 1. The molecule has 0 aromatic rings. The van der Waals surface area contributed by atoms with Crippen molar-refractivity contribution in [1.82, 2.24) is 4.90 Å². The second kappa shape index (κ2) is 4.97. The molecule has 0 aliphatic carbocycles. The molecule has 2 unspecified atom stereocenters. The van der Waals surface area contributed by atoms with Crippen LogP contribution < -0.4 is 0 Å². The lowest BCUT2D eigenvalue weighted by Crippen LogP contribution is -2.42. The van der Waals surface area contributed by atoms with E-state index in [1.54, 1.807) is 0 Å². The first-order valence-electron chi connectivity index (χ1n) is 4.82. The Hall–Kier alpha value is -1.08. The van der Waals surface area contributed by atoms with Gasteiger partial charge < -0.3 is 9.64 Å². The van der Waals surface area contributed by atoms with Crippen molar-refractivity contribution in [3.8, 4) is 6.07 Å². The third-order valence-electron chi connectivity index (χ3n) is 2.82. The van der Waals surface area contributed by atoms with E-state index in [9.17, 15) is 4.79 Å². The van der Waals surface area contributed by atoms with Crippen molar-refractivity contribution in [1.29, 1.82) is 5.26 Å². The summed E-state index contributed by atoms with van der Waals surface area (Å²) in [6.07, 6.45) is 1.36. The first-order valence-corrected chi connectivity index (χ1v) is 4.82. The van der Waals surface area contributed by atoms with E-state index in [-0.39, 0.29) is 17.8 Å². The molecule has 1 aliphatic rings. The van der Waals surface area contributed by atoms with Crippen molar-refractivity contribution in [3.05, 3.63) is 0 Å². The highest BCUT2D eigenvalue weighted by molar-refractivity contribution is 5.73. The topological polar surface area (TPSA) is 53.3 Å². The summed E-state index contributed by atoms with van der Waals surface area (Å²) in [4.78, 5) is 13.5. The third-order valence-corrected chi connectivity index (χ3v) is 2.82. The second-order valence-corrected chi connectivity index (χ2v) is 3.80. The van der Waals surface area contributed by atoms with Gasteiger partial charge in [-0.05, 0) is 25.9 Å². The van der Waals surface area contributed by atoms with E-state index < -0.39 is 0 Å². The maximum absolute atomic E-state index is 11.4. The summed E-state index contributed by atoms with van der Waals surface area (Å²) >= 11 is 0. The maximum Gasteiger partial charge on any atom is 0.310 e. The number of piperidine rings is 1. The fourth-order valence-electron chi connectivity index (χ4n) is 1.94. The number of ether oxygens (including phenoxy) is 1. The van der Waals surface area contributed by atoms with E-state index in [0.29, 0.717) is 13.0 Å². The van der Waals surface area contributed by atoms with Crippen LogP contribution in [0.2, 0.25) is 0 Å². The third kappa shape index (κ3) is 2.46. The number of hydrogen-bond acceptors (Lipinski definition) is 4. The molecular formula is C10H16N2O2. The number of esters is 1. The van der Waals surface area contributed by atoms with Gasteiger partial charge in [0.15, 0.2) is 0 Å². The Kier molecular flexibility index (Phi) is 3.90. The summed E-state index contributed by atoms with van der Waals surface area (Å²) in [6, 6.07) is 2.13. The Morgan fingerprint density at radius 3 is 3.00 bits per heavy atom. The highest BCUT2D eigenvalue weighted by atomic mass is 16.5. The minimum Gasteiger partial charge on any atom is -0.469 e. The molecule has 0 spiro atoms. The van der Waals surface area contributed by atoms with E-state index >= 15 is 0 Å². The van der Waals surface area contributed by atoms with E-state index in [2.05, 4.69) is 11.0 Å². The zero-order chi connectivity index (χ0) is 10.6. The Bertz CT molecular complexity index is 247. The molecule has 1 fully saturated rings. The van der Waals surface area contributed by atoms with Crippen molar-refractivity contribution in [2.75, 3.05) is 27.2 Å². The quantitative estimate of drug-likeness (QED) is 0.608. The van der Waals surface area contributed by atoms with Crippen molar-refractivity contribution >= 4 is 5.97 Å². The highest BCUT2D eigenvalue weighted by Gasteiger charge is 2.33. The van der Waals surface area contributed by atoms with Crippen LogP contribution in [0.5, 0.6) is 0 Å². The molecule has 0 aromatic heterocycles.